The average Bonchev–Trinajstić information content (AvgIpc) is 3.13. The average molecular weight is 461 g/mol. The summed E-state index contributed by atoms with van der Waals surface area (Å²) in [6.45, 7) is 1.80. The van der Waals surface area contributed by atoms with Crippen LogP contribution < -0.4 is 15.8 Å². The standard InChI is InChI=1S/C22H25FN4O4S/c1-11-18-21(25-10-26-22(18)32-19(11)20(24)28)27-16-5-4-12(23)6-17(16)31-15-8-13(29-2)7-14(9-15)30-3/h4-6,10,13-15H,7-9H2,1-3H3,(H2,24,28)(H,25,26,27). The molecule has 2 atom stereocenters. The molecule has 1 aromatic carbocycles. The number of thiophene rings is 1. The Hall–Kier alpha value is -2.82. The van der Waals surface area contributed by atoms with E-state index in [0.29, 0.717) is 50.8 Å². The quantitative estimate of drug-likeness (QED) is 0.550. The highest BCUT2D eigenvalue weighted by molar-refractivity contribution is 7.20. The Morgan fingerprint density at radius 2 is 1.84 bits per heavy atom. The van der Waals surface area contributed by atoms with Gasteiger partial charge in [-0.2, -0.15) is 0 Å². The minimum Gasteiger partial charge on any atom is -0.488 e. The highest BCUT2D eigenvalue weighted by Crippen LogP contribution is 2.37. The second kappa shape index (κ2) is 9.35. The minimum absolute atomic E-state index is 0.00540. The lowest BCUT2D eigenvalue weighted by Crippen LogP contribution is -2.38. The second-order valence-electron chi connectivity index (χ2n) is 7.75. The van der Waals surface area contributed by atoms with Crippen LogP contribution in [0.2, 0.25) is 0 Å². The van der Waals surface area contributed by atoms with Crippen molar-refractivity contribution in [1.29, 1.82) is 0 Å². The van der Waals surface area contributed by atoms with E-state index >= 15 is 0 Å². The van der Waals surface area contributed by atoms with Gasteiger partial charge in [0.25, 0.3) is 5.91 Å². The first kappa shape index (κ1) is 22.4. The first-order valence-electron chi connectivity index (χ1n) is 10.2. The van der Waals surface area contributed by atoms with E-state index in [1.165, 1.54) is 29.8 Å². The molecule has 1 saturated carbocycles. The van der Waals surface area contributed by atoms with E-state index in [9.17, 15) is 9.18 Å². The third-order valence-electron chi connectivity index (χ3n) is 5.68. The number of aryl methyl sites for hydroxylation is 1. The number of hydrogen-bond donors (Lipinski definition) is 2. The van der Waals surface area contributed by atoms with E-state index in [2.05, 4.69) is 15.3 Å². The van der Waals surface area contributed by atoms with E-state index in [-0.39, 0.29) is 18.3 Å². The number of anilines is 2. The monoisotopic (exact) mass is 460 g/mol. The van der Waals surface area contributed by atoms with Gasteiger partial charge in [0.2, 0.25) is 0 Å². The zero-order valence-corrected chi connectivity index (χ0v) is 18.9. The molecule has 10 heteroatoms. The van der Waals surface area contributed by atoms with Gasteiger partial charge in [-0.05, 0) is 24.6 Å². The Bertz CT molecular complexity index is 1130. The lowest BCUT2D eigenvalue weighted by Gasteiger charge is -2.34. The van der Waals surface area contributed by atoms with Gasteiger partial charge in [-0.25, -0.2) is 14.4 Å². The van der Waals surface area contributed by atoms with Crippen molar-refractivity contribution in [3.05, 3.63) is 40.8 Å². The number of carbonyl (C=O) groups excluding carboxylic acids is 1. The number of benzene rings is 1. The number of ether oxygens (including phenoxy) is 3. The molecule has 0 saturated heterocycles. The predicted octanol–water partition coefficient (Wildman–Crippen LogP) is 3.94. The van der Waals surface area contributed by atoms with E-state index < -0.39 is 11.7 Å². The van der Waals surface area contributed by atoms with Crippen molar-refractivity contribution in [3.8, 4) is 5.75 Å². The lowest BCUT2D eigenvalue weighted by molar-refractivity contribution is -0.0498. The number of hydrogen-bond acceptors (Lipinski definition) is 8. The van der Waals surface area contributed by atoms with Crippen LogP contribution in [0, 0.1) is 12.7 Å². The summed E-state index contributed by atoms with van der Waals surface area (Å²) in [5.41, 5.74) is 6.74. The maximum absolute atomic E-state index is 14.1. The summed E-state index contributed by atoms with van der Waals surface area (Å²) in [4.78, 5) is 21.4. The van der Waals surface area contributed by atoms with Gasteiger partial charge in [0.15, 0.2) is 0 Å². The number of methoxy groups -OCH3 is 2. The number of amides is 1. The van der Waals surface area contributed by atoms with Crippen LogP contribution in [-0.2, 0) is 9.47 Å². The van der Waals surface area contributed by atoms with Crippen LogP contribution in [0.15, 0.2) is 24.5 Å². The SMILES string of the molecule is COC1CC(OC)CC(Oc2cc(F)ccc2Nc2ncnc3sc(C(N)=O)c(C)c23)C1. The number of aromatic nitrogens is 2. The molecule has 3 N–H and O–H groups in total. The summed E-state index contributed by atoms with van der Waals surface area (Å²) in [5, 5.41) is 3.92. The summed E-state index contributed by atoms with van der Waals surface area (Å²) in [7, 11) is 3.33. The number of nitrogens with one attached hydrogen (secondary N) is 1. The highest BCUT2D eigenvalue weighted by Gasteiger charge is 2.31. The fraction of sp³-hybridized carbons (Fsp3) is 0.409. The van der Waals surface area contributed by atoms with Crippen LogP contribution in [0.3, 0.4) is 0 Å². The molecular formula is C22H25FN4O4S. The Labute approximate surface area is 188 Å². The molecule has 8 nitrogen and oxygen atoms in total. The molecule has 0 radical (unpaired) electrons. The fourth-order valence-electron chi connectivity index (χ4n) is 4.05. The van der Waals surface area contributed by atoms with Gasteiger partial charge in [0.1, 0.15) is 34.6 Å². The van der Waals surface area contributed by atoms with Crippen molar-refractivity contribution in [1.82, 2.24) is 9.97 Å². The van der Waals surface area contributed by atoms with Crippen LogP contribution in [0.25, 0.3) is 10.2 Å². The van der Waals surface area contributed by atoms with Crippen molar-refractivity contribution in [3.63, 3.8) is 0 Å². The molecule has 0 spiro atoms. The summed E-state index contributed by atoms with van der Waals surface area (Å²) < 4.78 is 31.4. The largest absolute Gasteiger partial charge is 0.488 e. The van der Waals surface area contributed by atoms with E-state index in [1.807, 2.05) is 0 Å². The Kier molecular flexibility index (Phi) is 6.54. The highest BCUT2D eigenvalue weighted by atomic mass is 32.1. The summed E-state index contributed by atoms with van der Waals surface area (Å²) in [5.74, 6) is -0.0827. The molecule has 2 heterocycles. The van der Waals surface area contributed by atoms with Crippen molar-refractivity contribution in [2.45, 2.75) is 44.5 Å². The normalized spacial score (nSPS) is 20.9. The number of rotatable bonds is 7. The predicted molar refractivity (Wildman–Crippen MR) is 120 cm³/mol. The van der Waals surface area contributed by atoms with E-state index in [4.69, 9.17) is 19.9 Å². The molecule has 1 aliphatic rings. The third kappa shape index (κ3) is 4.52. The molecular weight excluding hydrogens is 435 g/mol. The fourth-order valence-corrected chi connectivity index (χ4v) is 5.06. The number of fused-ring (bicyclic) bond motifs is 1. The molecule has 1 fully saturated rings. The molecule has 3 aromatic rings. The maximum Gasteiger partial charge on any atom is 0.259 e. The molecule has 1 amide bonds. The van der Waals surface area contributed by atoms with Crippen LogP contribution in [0.5, 0.6) is 5.75 Å². The van der Waals surface area contributed by atoms with Gasteiger partial charge in [0.05, 0.1) is 28.2 Å². The van der Waals surface area contributed by atoms with Crippen LogP contribution in [0.1, 0.15) is 34.5 Å². The molecule has 0 aliphatic heterocycles. The molecule has 170 valence electrons. The Morgan fingerprint density at radius 3 is 2.50 bits per heavy atom. The van der Waals surface area contributed by atoms with Crippen LogP contribution in [-0.4, -0.2) is 48.4 Å². The van der Waals surface area contributed by atoms with Gasteiger partial charge in [-0.3, -0.25) is 4.79 Å². The number of carbonyl (C=O) groups is 1. The molecule has 2 aromatic heterocycles. The maximum atomic E-state index is 14.1. The number of halogens is 1. The molecule has 32 heavy (non-hydrogen) atoms. The number of nitrogens with two attached hydrogens (primary N) is 1. The van der Waals surface area contributed by atoms with Crippen molar-refractivity contribution in [2.24, 2.45) is 5.73 Å². The minimum atomic E-state index is -0.514. The second-order valence-corrected chi connectivity index (χ2v) is 8.75. The van der Waals surface area contributed by atoms with E-state index in [0.717, 1.165) is 6.42 Å². The first-order valence-corrected chi connectivity index (χ1v) is 11.0. The van der Waals surface area contributed by atoms with Crippen LogP contribution >= 0.6 is 11.3 Å². The molecule has 2 unspecified atom stereocenters. The van der Waals surface area contributed by atoms with Gasteiger partial charge >= 0.3 is 0 Å². The number of nitrogens with zero attached hydrogens (tertiary/aromatic N) is 2. The molecule has 4 rings (SSSR count). The van der Waals surface area contributed by atoms with Gasteiger partial charge in [-0.15, -0.1) is 11.3 Å². The molecule has 1 aliphatic carbocycles. The van der Waals surface area contributed by atoms with Gasteiger partial charge in [-0.1, -0.05) is 0 Å². The Balaban J connectivity index is 1.66. The Morgan fingerprint density at radius 1 is 1.16 bits per heavy atom. The van der Waals surface area contributed by atoms with Crippen molar-refractivity contribution < 1.29 is 23.4 Å². The smallest absolute Gasteiger partial charge is 0.259 e. The van der Waals surface area contributed by atoms with E-state index in [1.54, 1.807) is 27.2 Å². The van der Waals surface area contributed by atoms with Crippen molar-refractivity contribution >= 4 is 39.0 Å². The zero-order valence-electron chi connectivity index (χ0n) is 18.1. The number of primary amides is 1. The topological polar surface area (TPSA) is 109 Å². The van der Waals surface area contributed by atoms with Crippen molar-refractivity contribution in [2.75, 3.05) is 19.5 Å². The lowest BCUT2D eigenvalue weighted by atomic mass is 9.92. The zero-order chi connectivity index (χ0) is 22.8. The van der Waals surface area contributed by atoms with Crippen LogP contribution in [0.4, 0.5) is 15.9 Å². The summed E-state index contributed by atoms with van der Waals surface area (Å²) in [6.07, 6.45) is 3.36. The molecule has 0 bridgehead atoms. The third-order valence-corrected chi connectivity index (χ3v) is 6.90. The summed E-state index contributed by atoms with van der Waals surface area (Å²) >= 11 is 1.21. The van der Waals surface area contributed by atoms with Gasteiger partial charge < -0.3 is 25.3 Å². The summed E-state index contributed by atoms with van der Waals surface area (Å²) in [6, 6.07) is 4.29. The van der Waals surface area contributed by atoms with Gasteiger partial charge in [0, 0.05) is 39.5 Å². The first-order chi connectivity index (χ1) is 15.4.